The molecule has 1 atom stereocenters. The lowest BCUT2D eigenvalue weighted by atomic mass is 10.2. The number of carbonyl (C=O) groups excluding carboxylic acids is 1. The molecule has 0 bridgehead atoms. The molecule has 1 amide bonds. The Bertz CT molecular complexity index is 710. The van der Waals surface area contributed by atoms with E-state index in [0.29, 0.717) is 13.0 Å². The van der Waals surface area contributed by atoms with Crippen LogP contribution in [0.2, 0.25) is 0 Å². The van der Waals surface area contributed by atoms with Crippen molar-refractivity contribution in [3.8, 4) is 0 Å². The number of H-pyrrole nitrogens is 1. The molecular weight excluding hydrogens is 312 g/mol. The monoisotopic (exact) mass is 326 g/mol. The molecular formula is C12H14N4O3S2. The van der Waals surface area contributed by atoms with E-state index in [9.17, 15) is 13.2 Å². The highest BCUT2D eigenvalue weighted by molar-refractivity contribution is 7.91. The molecule has 0 radical (unpaired) electrons. The van der Waals surface area contributed by atoms with Crippen LogP contribution in [-0.4, -0.2) is 53.2 Å². The molecule has 7 nitrogen and oxygen atoms in total. The fraction of sp³-hybridized carbons (Fsp3) is 0.417. The Morgan fingerprint density at radius 3 is 2.95 bits per heavy atom. The highest BCUT2D eigenvalue weighted by atomic mass is 32.2. The zero-order valence-electron chi connectivity index (χ0n) is 11.1. The molecule has 9 heteroatoms. The Hall–Kier alpha value is -1.74. The molecule has 0 aromatic carbocycles. The largest absolute Gasteiger partial charge is 0.335 e. The second kappa shape index (κ2) is 5.57. The number of rotatable bonds is 2. The zero-order valence-corrected chi connectivity index (χ0v) is 12.7. The molecule has 0 aliphatic carbocycles. The summed E-state index contributed by atoms with van der Waals surface area (Å²) in [4.78, 5) is 18.4. The summed E-state index contributed by atoms with van der Waals surface area (Å²) >= 11 is 1.44. The molecule has 2 aromatic rings. The van der Waals surface area contributed by atoms with Crippen LogP contribution in [0.5, 0.6) is 0 Å². The van der Waals surface area contributed by atoms with Crippen molar-refractivity contribution >= 4 is 27.1 Å². The van der Waals surface area contributed by atoms with E-state index in [1.165, 1.54) is 22.6 Å². The summed E-state index contributed by atoms with van der Waals surface area (Å²) in [7, 11) is -3.25. The maximum Gasteiger partial charge on any atom is 0.291 e. The highest BCUT2D eigenvalue weighted by Gasteiger charge is 2.33. The lowest BCUT2D eigenvalue weighted by Gasteiger charge is -2.18. The topological polar surface area (TPSA) is 96.0 Å². The van der Waals surface area contributed by atoms with Gasteiger partial charge in [0.15, 0.2) is 9.84 Å². The number of sulfone groups is 1. The SMILES string of the molecule is O=C(c1ncn[nH]1)N1CCC(c2cccs2)S(=O)(=O)CC1. The average Bonchev–Trinajstić information content (AvgIpc) is 3.12. The molecule has 1 saturated heterocycles. The van der Waals surface area contributed by atoms with Crippen molar-refractivity contribution < 1.29 is 13.2 Å². The van der Waals surface area contributed by atoms with Gasteiger partial charge in [-0.1, -0.05) is 6.07 Å². The van der Waals surface area contributed by atoms with Gasteiger partial charge in [-0.2, -0.15) is 5.10 Å². The number of carbonyl (C=O) groups is 1. The number of thiophene rings is 1. The van der Waals surface area contributed by atoms with Gasteiger partial charge in [0.05, 0.1) is 11.0 Å². The Labute approximate surface area is 125 Å². The van der Waals surface area contributed by atoms with Crippen molar-refractivity contribution in [2.24, 2.45) is 0 Å². The standard InChI is InChI=1S/C12H14N4O3S2/c17-12(11-13-8-14-15-11)16-4-3-10(9-2-1-6-20-9)21(18,19)7-5-16/h1-2,6,8,10H,3-5,7H2,(H,13,14,15). The molecule has 1 unspecified atom stereocenters. The molecule has 3 rings (SSSR count). The number of aromatic nitrogens is 3. The van der Waals surface area contributed by atoms with Gasteiger partial charge >= 0.3 is 0 Å². The summed E-state index contributed by atoms with van der Waals surface area (Å²) < 4.78 is 24.8. The summed E-state index contributed by atoms with van der Waals surface area (Å²) in [5.41, 5.74) is 0. The number of hydrogen-bond donors (Lipinski definition) is 1. The van der Waals surface area contributed by atoms with Gasteiger partial charge in [-0.3, -0.25) is 9.89 Å². The van der Waals surface area contributed by atoms with Gasteiger partial charge in [0.2, 0.25) is 5.82 Å². The van der Waals surface area contributed by atoms with Crippen molar-refractivity contribution in [2.75, 3.05) is 18.8 Å². The van der Waals surface area contributed by atoms with Crippen molar-refractivity contribution in [1.29, 1.82) is 0 Å². The maximum atomic E-state index is 12.4. The van der Waals surface area contributed by atoms with Crippen LogP contribution >= 0.6 is 11.3 Å². The van der Waals surface area contributed by atoms with Gasteiger partial charge in [-0.25, -0.2) is 13.4 Å². The molecule has 0 spiro atoms. The minimum atomic E-state index is -3.25. The fourth-order valence-electron chi connectivity index (χ4n) is 2.40. The van der Waals surface area contributed by atoms with Gasteiger partial charge in [0.25, 0.3) is 5.91 Å². The Balaban J connectivity index is 1.81. The first-order chi connectivity index (χ1) is 10.1. The van der Waals surface area contributed by atoms with Crippen molar-refractivity contribution in [3.63, 3.8) is 0 Å². The van der Waals surface area contributed by atoms with E-state index in [2.05, 4.69) is 15.2 Å². The predicted molar refractivity (Wildman–Crippen MR) is 77.8 cm³/mol. The first-order valence-corrected chi connectivity index (χ1v) is 9.07. The third-order valence-electron chi connectivity index (χ3n) is 3.51. The number of hydrogen-bond acceptors (Lipinski definition) is 6. The molecule has 1 fully saturated rings. The van der Waals surface area contributed by atoms with E-state index in [1.54, 1.807) is 0 Å². The van der Waals surface area contributed by atoms with Crippen molar-refractivity contribution in [1.82, 2.24) is 20.1 Å². The second-order valence-electron chi connectivity index (χ2n) is 4.79. The van der Waals surface area contributed by atoms with E-state index in [4.69, 9.17) is 0 Å². The maximum absolute atomic E-state index is 12.4. The molecule has 1 aliphatic rings. The minimum absolute atomic E-state index is 0.0323. The fourth-order valence-corrected chi connectivity index (χ4v) is 5.40. The normalized spacial score (nSPS) is 21.9. The van der Waals surface area contributed by atoms with Crippen molar-refractivity contribution in [2.45, 2.75) is 11.7 Å². The molecule has 112 valence electrons. The average molecular weight is 326 g/mol. The van der Waals surface area contributed by atoms with Gasteiger partial charge in [-0.15, -0.1) is 11.3 Å². The molecule has 3 heterocycles. The lowest BCUT2D eigenvalue weighted by molar-refractivity contribution is 0.0755. The summed E-state index contributed by atoms with van der Waals surface area (Å²) in [6.07, 6.45) is 1.67. The molecule has 1 aliphatic heterocycles. The van der Waals surface area contributed by atoms with Gasteiger partial charge in [-0.05, 0) is 17.9 Å². The van der Waals surface area contributed by atoms with E-state index < -0.39 is 15.1 Å². The third-order valence-corrected chi connectivity index (χ3v) is 6.75. The second-order valence-corrected chi connectivity index (χ2v) is 8.07. The smallest absolute Gasteiger partial charge is 0.291 e. The van der Waals surface area contributed by atoms with Gasteiger partial charge in [0, 0.05) is 18.0 Å². The lowest BCUT2D eigenvalue weighted by Crippen LogP contribution is -2.34. The number of amides is 1. The summed E-state index contributed by atoms with van der Waals surface area (Å²) in [5.74, 6) is -0.202. The van der Waals surface area contributed by atoms with Crippen LogP contribution in [0.1, 0.15) is 27.2 Å². The first-order valence-electron chi connectivity index (χ1n) is 6.47. The Morgan fingerprint density at radius 1 is 1.43 bits per heavy atom. The van der Waals surface area contributed by atoms with Gasteiger partial charge in [0.1, 0.15) is 6.33 Å². The van der Waals surface area contributed by atoms with Crippen LogP contribution in [0.4, 0.5) is 0 Å². The van der Waals surface area contributed by atoms with Gasteiger partial charge < -0.3 is 4.90 Å². The van der Waals surface area contributed by atoms with Crippen LogP contribution in [0, 0.1) is 0 Å². The molecule has 0 saturated carbocycles. The number of nitrogens with zero attached hydrogens (tertiary/aromatic N) is 3. The van der Waals surface area contributed by atoms with Crippen LogP contribution in [-0.2, 0) is 9.84 Å². The molecule has 2 aromatic heterocycles. The quantitative estimate of drug-likeness (QED) is 0.883. The zero-order chi connectivity index (χ0) is 14.9. The number of aromatic amines is 1. The van der Waals surface area contributed by atoms with Crippen LogP contribution < -0.4 is 0 Å². The number of nitrogens with one attached hydrogen (secondary N) is 1. The summed E-state index contributed by atoms with van der Waals surface area (Å²) in [6, 6.07) is 3.68. The first kappa shape index (κ1) is 14.2. The minimum Gasteiger partial charge on any atom is -0.335 e. The third kappa shape index (κ3) is 2.84. The van der Waals surface area contributed by atoms with E-state index >= 15 is 0 Å². The van der Waals surface area contributed by atoms with Crippen molar-refractivity contribution in [3.05, 3.63) is 34.5 Å². The summed E-state index contributed by atoms with van der Waals surface area (Å²) in [6.45, 7) is 0.574. The predicted octanol–water partition coefficient (Wildman–Crippen LogP) is 0.868. The summed E-state index contributed by atoms with van der Waals surface area (Å²) in [5, 5.41) is 7.51. The van der Waals surface area contributed by atoms with Crippen LogP contribution in [0.3, 0.4) is 0 Å². The van der Waals surface area contributed by atoms with E-state index in [1.807, 2.05) is 17.5 Å². The van der Waals surface area contributed by atoms with Crippen LogP contribution in [0.15, 0.2) is 23.8 Å². The van der Waals surface area contributed by atoms with E-state index in [0.717, 1.165) is 4.88 Å². The van der Waals surface area contributed by atoms with E-state index in [-0.39, 0.29) is 24.0 Å². The Morgan fingerprint density at radius 2 is 2.29 bits per heavy atom. The van der Waals surface area contributed by atoms with Crippen LogP contribution in [0.25, 0.3) is 0 Å². The Kier molecular flexibility index (Phi) is 3.77. The molecule has 1 N–H and O–H groups in total. The molecule has 21 heavy (non-hydrogen) atoms. The highest BCUT2D eigenvalue weighted by Crippen LogP contribution is 2.32.